The molecule has 0 spiro atoms. The molecule has 1 aromatic heterocycles. The van der Waals surface area contributed by atoms with Crippen LogP contribution in [0.4, 0.5) is 0 Å². The van der Waals surface area contributed by atoms with Crippen molar-refractivity contribution in [3.63, 3.8) is 0 Å². The monoisotopic (exact) mass is 350 g/mol. The van der Waals surface area contributed by atoms with E-state index in [1.807, 2.05) is 6.07 Å². The number of aliphatic imine (C=N–C) groups is 1. The number of aromatic nitrogens is 1. The third kappa shape index (κ3) is 7.46. The van der Waals surface area contributed by atoms with Gasteiger partial charge < -0.3 is 19.9 Å². The maximum atomic E-state index is 5.65. The highest BCUT2D eigenvalue weighted by Gasteiger charge is 2.20. The van der Waals surface area contributed by atoms with Gasteiger partial charge in [0.15, 0.2) is 11.7 Å². The number of hydrogen-bond donors (Lipinski definition) is 2. The lowest BCUT2D eigenvalue weighted by molar-refractivity contribution is 0.123. The summed E-state index contributed by atoms with van der Waals surface area (Å²) in [4.78, 5) is 4.58. The van der Waals surface area contributed by atoms with Gasteiger partial charge >= 0.3 is 0 Å². The van der Waals surface area contributed by atoms with Crippen LogP contribution >= 0.6 is 0 Å². The van der Waals surface area contributed by atoms with Gasteiger partial charge in [0.1, 0.15) is 6.54 Å². The topological polar surface area (TPSA) is 71.7 Å². The first-order valence-corrected chi connectivity index (χ1v) is 9.82. The molecule has 0 amide bonds. The van der Waals surface area contributed by atoms with Crippen LogP contribution in [0.5, 0.6) is 0 Å². The summed E-state index contributed by atoms with van der Waals surface area (Å²) in [6.07, 6.45) is 5.84. The zero-order valence-electron chi connectivity index (χ0n) is 16.0. The van der Waals surface area contributed by atoms with Crippen LogP contribution in [0.1, 0.15) is 70.2 Å². The van der Waals surface area contributed by atoms with E-state index in [2.05, 4.69) is 41.6 Å². The molecule has 0 aliphatic heterocycles. The summed E-state index contributed by atoms with van der Waals surface area (Å²) in [6, 6.07) is 2.04. The predicted molar refractivity (Wildman–Crippen MR) is 101 cm³/mol. The molecule has 25 heavy (non-hydrogen) atoms. The van der Waals surface area contributed by atoms with Crippen molar-refractivity contribution in [3.8, 4) is 0 Å². The Balaban J connectivity index is 1.72. The molecule has 6 nitrogen and oxygen atoms in total. The van der Waals surface area contributed by atoms with Gasteiger partial charge in [-0.1, -0.05) is 19.0 Å². The smallest absolute Gasteiger partial charge is 0.191 e. The summed E-state index contributed by atoms with van der Waals surface area (Å²) in [6.45, 7) is 10.4. The average Bonchev–Trinajstić information content (AvgIpc) is 3.33. The minimum absolute atomic E-state index is 0.475. The van der Waals surface area contributed by atoms with Crippen molar-refractivity contribution in [1.82, 2.24) is 15.8 Å². The van der Waals surface area contributed by atoms with E-state index in [9.17, 15) is 0 Å². The van der Waals surface area contributed by atoms with Crippen LogP contribution in [0.15, 0.2) is 15.6 Å². The Morgan fingerprint density at radius 2 is 2.12 bits per heavy atom. The fraction of sp³-hybridized carbons (Fsp3) is 0.789. The molecule has 0 atom stereocenters. The van der Waals surface area contributed by atoms with Gasteiger partial charge in [-0.15, -0.1) is 0 Å². The second-order valence-electron chi connectivity index (χ2n) is 6.73. The van der Waals surface area contributed by atoms with E-state index in [1.165, 1.54) is 12.8 Å². The molecule has 0 radical (unpaired) electrons. The number of rotatable bonds is 12. The van der Waals surface area contributed by atoms with Gasteiger partial charge in [-0.25, -0.2) is 4.99 Å². The van der Waals surface area contributed by atoms with E-state index in [-0.39, 0.29) is 0 Å². The zero-order chi connectivity index (χ0) is 17.9. The minimum Gasteiger partial charge on any atom is -0.381 e. The van der Waals surface area contributed by atoms with E-state index in [0.29, 0.717) is 12.5 Å². The fourth-order valence-corrected chi connectivity index (χ4v) is 2.72. The molecule has 0 saturated heterocycles. The normalized spacial score (nSPS) is 15.0. The van der Waals surface area contributed by atoms with Crippen molar-refractivity contribution in [3.05, 3.63) is 17.5 Å². The van der Waals surface area contributed by atoms with Crippen molar-refractivity contribution in [1.29, 1.82) is 0 Å². The van der Waals surface area contributed by atoms with Gasteiger partial charge in [-0.2, -0.15) is 0 Å². The van der Waals surface area contributed by atoms with Gasteiger partial charge in [0.25, 0.3) is 0 Å². The Morgan fingerprint density at radius 1 is 1.32 bits per heavy atom. The van der Waals surface area contributed by atoms with Crippen molar-refractivity contribution in [2.45, 2.75) is 65.3 Å². The zero-order valence-corrected chi connectivity index (χ0v) is 16.0. The SMILES string of the molecule is CCNC(=NCc1cc(C(CC)CC)no1)NCCCOCC1CC1. The fourth-order valence-electron chi connectivity index (χ4n) is 2.72. The molecular weight excluding hydrogens is 316 g/mol. The molecule has 6 heteroatoms. The summed E-state index contributed by atoms with van der Waals surface area (Å²) in [7, 11) is 0. The van der Waals surface area contributed by atoms with Gasteiger partial charge in [0.2, 0.25) is 0 Å². The molecule has 0 unspecified atom stereocenters. The number of guanidine groups is 1. The Hall–Kier alpha value is -1.56. The van der Waals surface area contributed by atoms with Crippen LogP contribution in [-0.4, -0.2) is 37.4 Å². The standard InChI is InChI=1S/C19H34N4O2/c1-4-16(5-2)18-12-17(25-23-18)13-22-19(20-6-3)21-10-7-11-24-14-15-8-9-15/h12,15-16H,4-11,13-14H2,1-3H3,(H2,20,21,22). The lowest BCUT2D eigenvalue weighted by atomic mass is 9.99. The van der Waals surface area contributed by atoms with Crippen molar-refractivity contribution in [2.75, 3.05) is 26.3 Å². The van der Waals surface area contributed by atoms with E-state index in [1.54, 1.807) is 0 Å². The highest BCUT2D eigenvalue weighted by atomic mass is 16.5. The molecule has 1 heterocycles. The lowest BCUT2D eigenvalue weighted by Crippen LogP contribution is -2.38. The Kier molecular flexibility index (Phi) is 8.80. The van der Waals surface area contributed by atoms with Crippen LogP contribution in [0, 0.1) is 5.92 Å². The number of hydrogen-bond acceptors (Lipinski definition) is 4. The quantitative estimate of drug-likeness (QED) is 0.343. The number of ether oxygens (including phenoxy) is 1. The number of nitrogens with one attached hydrogen (secondary N) is 2. The van der Waals surface area contributed by atoms with E-state index >= 15 is 0 Å². The molecule has 1 aliphatic rings. The third-order valence-electron chi connectivity index (χ3n) is 4.53. The average molecular weight is 351 g/mol. The second kappa shape index (κ2) is 11.1. The molecule has 1 aromatic rings. The first-order valence-electron chi connectivity index (χ1n) is 9.82. The molecule has 142 valence electrons. The van der Waals surface area contributed by atoms with Crippen LogP contribution < -0.4 is 10.6 Å². The second-order valence-corrected chi connectivity index (χ2v) is 6.73. The van der Waals surface area contributed by atoms with E-state index in [4.69, 9.17) is 9.26 Å². The van der Waals surface area contributed by atoms with Crippen LogP contribution in [-0.2, 0) is 11.3 Å². The molecule has 0 bridgehead atoms. The molecule has 2 rings (SSSR count). The summed E-state index contributed by atoms with van der Waals surface area (Å²) in [5, 5.41) is 10.8. The highest BCUT2D eigenvalue weighted by Crippen LogP contribution is 2.28. The predicted octanol–water partition coefficient (Wildman–Crippen LogP) is 3.45. The molecule has 1 fully saturated rings. The van der Waals surface area contributed by atoms with Gasteiger partial charge in [-0.05, 0) is 44.9 Å². The molecular formula is C19H34N4O2. The van der Waals surface area contributed by atoms with E-state index in [0.717, 1.165) is 68.9 Å². The minimum atomic E-state index is 0.475. The Labute approximate surface area is 151 Å². The van der Waals surface area contributed by atoms with Crippen LogP contribution in [0.2, 0.25) is 0 Å². The highest BCUT2D eigenvalue weighted by molar-refractivity contribution is 5.79. The van der Waals surface area contributed by atoms with Crippen molar-refractivity contribution < 1.29 is 9.26 Å². The summed E-state index contributed by atoms with van der Waals surface area (Å²) in [5.41, 5.74) is 1.04. The molecule has 1 aliphatic carbocycles. The Morgan fingerprint density at radius 3 is 2.80 bits per heavy atom. The lowest BCUT2D eigenvalue weighted by Gasteiger charge is -2.11. The molecule has 2 N–H and O–H groups in total. The molecule has 0 aromatic carbocycles. The van der Waals surface area contributed by atoms with E-state index < -0.39 is 0 Å². The summed E-state index contributed by atoms with van der Waals surface area (Å²) < 4.78 is 11.1. The first kappa shape index (κ1) is 19.8. The van der Waals surface area contributed by atoms with Crippen molar-refractivity contribution in [2.24, 2.45) is 10.9 Å². The maximum Gasteiger partial charge on any atom is 0.191 e. The maximum absolute atomic E-state index is 5.65. The summed E-state index contributed by atoms with van der Waals surface area (Å²) >= 11 is 0. The molecule has 1 saturated carbocycles. The Bertz CT molecular complexity index is 507. The number of nitrogens with zero attached hydrogens (tertiary/aromatic N) is 2. The third-order valence-corrected chi connectivity index (χ3v) is 4.53. The van der Waals surface area contributed by atoms with Crippen molar-refractivity contribution >= 4 is 5.96 Å². The van der Waals surface area contributed by atoms with Gasteiger partial charge in [-0.3, -0.25) is 0 Å². The first-order chi connectivity index (χ1) is 12.3. The summed E-state index contributed by atoms with van der Waals surface area (Å²) in [5.74, 6) is 2.93. The van der Waals surface area contributed by atoms with Gasteiger partial charge in [0, 0.05) is 38.3 Å². The van der Waals surface area contributed by atoms with Crippen LogP contribution in [0.3, 0.4) is 0 Å². The van der Waals surface area contributed by atoms with Crippen LogP contribution in [0.25, 0.3) is 0 Å². The van der Waals surface area contributed by atoms with Gasteiger partial charge in [0.05, 0.1) is 5.69 Å². The largest absolute Gasteiger partial charge is 0.381 e.